The number of nitrogens with one attached hydrogen (secondary N) is 2. The van der Waals surface area contributed by atoms with Gasteiger partial charge >= 0.3 is 5.51 Å². The molecule has 1 heterocycles. The van der Waals surface area contributed by atoms with Crippen molar-refractivity contribution in [3.05, 3.63) is 5.01 Å². The van der Waals surface area contributed by atoms with Crippen LogP contribution in [0.15, 0.2) is 0 Å². The van der Waals surface area contributed by atoms with E-state index in [4.69, 9.17) is 0 Å². The number of amides is 1. The molecular formula is C7H9F3N4OS2. The first-order chi connectivity index (χ1) is 7.92. The van der Waals surface area contributed by atoms with Crippen molar-refractivity contribution >= 4 is 34.1 Å². The van der Waals surface area contributed by atoms with E-state index >= 15 is 0 Å². The summed E-state index contributed by atoms with van der Waals surface area (Å²) in [6.07, 6.45) is 0. The molecule has 0 aliphatic carbocycles. The van der Waals surface area contributed by atoms with E-state index in [1.165, 1.54) is 0 Å². The van der Waals surface area contributed by atoms with Crippen LogP contribution in [0.25, 0.3) is 0 Å². The molecule has 0 aliphatic heterocycles. The summed E-state index contributed by atoms with van der Waals surface area (Å²) in [5.74, 6) is -0.751. The fourth-order valence-corrected chi connectivity index (χ4v) is 1.87. The summed E-state index contributed by atoms with van der Waals surface area (Å²) in [7, 11) is 1.63. The predicted molar refractivity (Wildman–Crippen MR) is 60.3 cm³/mol. The molecule has 0 saturated heterocycles. The van der Waals surface area contributed by atoms with E-state index in [0.717, 1.165) is 11.3 Å². The molecule has 1 aromatic rings. The van der Waals surface area contributed by atoms with Crippen LogP contribution in [-0.2, 0) is 0 Å². The Kier molecular flexibility index (Phi) is 5.00. The molecule has 1 rings (SSSR count). The first kappa shape index (κ1) is 14.0. The lowest BCUT2D eigenvalue weighted by atomic mass is 10.6. The topological polar surface area (TPSA) is 66.9 Å². The molecule has 1 aromatic heterocycles. The van der Waals surface area contributed by atoms with Crippen molar-refractivity contribution in [2.24, 2.45) is 0 Å². The lowest BCUT2D eigenvalue weighted by Gasteiger charge is -2.05. The average Bonchev–Trinajstić information content (AvgIpc) is 2.71. The third kappa shape index (κ3) is 5.22. The highest BCUT2D eigenvalue weighted by molar-refractivity contribution is 8.00. The molecule has 0 saturated carbocycles. The van der Waals surface area contributed by atoms with Crippen LogP contribution in [0, 0.1) is 0 Å². The van der Waals surface area contributed by atoms with Gasteiger partial charge in [0.2, 0.25) is 10.1 Å². The Hall–Kier alpha value is -1.03. The molecule has 10 heteroatoms. The number of thioether (sulfide) groups is 1. The van der Waals surface area contributed by atoms with Crippen molar-refractivity contribution < 1.29 is 18.0 Å². The van der Waals surface area contributed by atoms with Gasteiger partial charge in [-0.1, -0.05) is 11.3 Å². The van der Waals surface area contributed by atoms with Crippen LogP contribution >= 0.6 is 23.1 Å². The van der Waals surface area contributed by atoms with E-state index in [9.17, 15) is 18.0 Å². The number of halogens is 3. The Labute approximate surface area is 103 Å². The number of hydrogen-bond acceptors (Lipinski definition) is 6. The van der Waals surface area contributed by atoms with Crippen LogP contribution < -0.4 is 10.6 Å². The van der Waals surface area contributed by atoms with Gasteiger partial charge in [0, 0.05) is 19.3 Å². The lowest BCUT2D eigenvalue weighted by molar-refractivity contribution is -0.0327. The standard InChI is InChI=1S/C7H9F3N4OS2/c1-11-6-14-13-5(17-6)4(15)12-2-3-16-7(8,9)10/h2-3H2,1H3,(H,11,14)(H,12,15). The first-order valence-corrected chi connectivity index (χ1v) is 6.22. The van der Waals surface area contributed by atoms with Gasteiger partial charge in [0.15, 0.2) is 0 Å². The summed E-state index contributed by atoms with van der Waals surface area (Å²) in [4.78, 5) is 11.4. The number of alkyl halides is 3. The quantitative estimate of drug-likeness (QED) is 0.804. The SMILES string of the molecule is CNc1nnc(C(=O)NCCSC(F)(F)F)s1. The molecule has 0 bridgehead atoms. The second kappa shape index (κ2) is 6.05. The molecule has 0 spiro atoms. The van der Waals surface area contributed by atoms with Gasteiger partial charge in [-0.2, -0.15) is 13.2 Å². The van der Waals surface area contributed by atoms with Crippen molar-refractivity contribution in [1.82, 2.24) is 15.5 Å². The van der Waals surface area contributed by atoms with E-state index in [1.54, 1.807) is 7.05 Å². The van der Waals surface area contributed by atoms with E-state index < -0.39 is 11.4 Å². The number of aromatic nitrogens is 2. The van der Waals surface area contributed by atoms with Gasteiger partial charge in [0.25, 0.3) is 5.91 Å². The number of anilines is 1. The highest BCUT2D eigenvalue weighted by Gasteiger charge is 2.27. The van der Waals surface area contributed by atoms with Crippen LogP contribution in [0.1, 0.15) is 9.80 Å². The summed E-state index contributed by atoms with van der Waals surface area (Å²) in [6.45, 7) is -0.0719. The number of rotatable bonds is 5. The Morgan fingerprint density at radius 1 is 1.47 bits per heavy atom. The monoisotopic (exact) mass is 286 g/mol. The van der Waals surface area contributed by atoms with Crippen LogP contribution in [0.5, 0.6) is 0 Å². The molecule has 0 atom stereocenters. The summed E-state index contributed by atoms with van der Waals surface area (Å²) in [5, 5.41) is 12.8. The van der Waals surface area contributed by atoms with Crippen LogP contribution in [0.3, 0.4) is 0 Å². The van der Waals surface area contributed by atoms with Crippen LogP contribution in [0.2, 0.25) is 0 Å². The Morgan fingerprint density at radius 2 is 2.18 bits per heavy atom. The normalized spacial score (nSPS) is 11.3. The molecule has 2 N–H and O–H groups in total. The number of nitrogens with zero attached hydrogens (tertiary/aromatic N) is 2. The van der Waals surface area contributed by atoms with Crippen molar-refractivity contribution in [1.29, 1.82) is 0 Å². The maximum Gasteiger partial charge on any atom is 0.441 e. The zero-order valence-electron chi connectivity index (χ0n) is 8.67. The summed E-state index contributed by atoms with van der Waals surface area (Å²) < 4.78 is 35.3. The fourth-order valence-electron chi connectivity index (χ4n) is 0.823. The summed E-state index contributed by atoms with van der Waals surface area (Å²) in [6, 6.07) is 0. The van der Waals surface area contributed by atoms with Gasteiger partial charge in [-0.05, 0) is 11.8 Å². The van der Waals surface area contributed by atoms with E-state index in [1.807, 2.05) is 0 Å². The minimum Gasteiger partial charge on any atom is -0.363 e. The predicted octanol–water partition coefficient (Wildman–Crippen LogP) is 1.56. The number of carbonyl (C=O) groups excluding carboxylic acids is 1. The van der Waals surface area contributed by atoms with Crippen LogP contribution in [0.4, 0.5) is 18.3 Å². The van der Waals surface area contributed by atoms with Crippen LogP contribution in [-0.4, -0.2) is 41.0 Å². The van der Waals surface area contributed by atoms with E-state index in [0.29, 0.717) is 5.13 Å². The van der Waals surface area contributed by atoms with Gasteiger partial charge in [0.05, 0.1) is 0 Å². The lowest BCUT2D eigenvalue weighted by Crippen LogP contribution is -2.26. The molecule has 96 valence electrons. The fraction of sp³-hybridized carbons (Fsp3) is 0.571. The molecule has 0 aromatic carbocycles. The summed E-state index contributed by atoms with van der Waals surface area (Å²) in [5.41, 5.74) is -4.27. The van der Waals surface area contributed by atoms with Gasteiger partial charge in [-0.25, -0.2) is 0 Å². The third-order valence-corrected chi connectivity index (χ3v) is 3.16. The van der Waals surface area contributed by atoms with Gasteiger partial charge in [-0.15, -0.1) is 10.2 Å². The minimum absolute atomic E-state index is 0.0719. The highest BCUT2D eigenvalue weighted by Crippen LogP contribution is 2.29. The van der Waals surface area contributed by atoms with Crippen molar-refractivity contribution in [3.63, 3.8) is 0 Å². The number of carbonyl (C=O) groups is 1. The third-order valence-electron chi connectivity index (χ3n) is 1.49. The molecule has 17 heavy (non-hydrogen) atoms. The van der Waals surface area contributed by atoms with Gasteiger partial charge in [0.1, 0.15) is 0 Å². The van der Waals surface area contributed by atoms with Gasteiger partial charge in [-0.3, -0.25) is 4.79 Å². The van der Waals surface area contributed by atoms with E-state index in [-0.39, 0.29) is 29.1 Å². The molecule has 0 aliphatic rings. The van der Waals surface area contributed by atoms with Gasteiger partial charge < -0.3 is 10.6 Å². The Bertz CT molecular complexity index is 381. The molecule has 1 amide bonds. The summed E-state index contributed by atoms with van der Waals surface area (Å²) >= 11 is 0.851. The highest BCUT2D eigenvalue weighted by atomic mass is 32.2. The Balaban J connectivity index is 2.30. The number of hydrogen-bond donors (Lipinski definition) is 2. The maximum atomic E-state index is 11.8. The smallest absolute Gasteiger partial charge is 0.363 e. The molecule has 0 unspecified atom stereocenters. The minimum atomic E-state index is -4.27. The largest absolute Gasteiger partial charge is 0.441 e. The molecule has 0 fully saturated rings. The zero-order chi connectivity index (χ0) is 12.9. The van der Waals surface area contributed by atoms with Crippen molar-refractivity contribution in [2.45, 2.75) is 5.51 Å². The second-order valence-electron chi connectivity index (χ2n) is 2.71. The maximum absolute atomic E-state index is 11.8. The molecule has 5 nitrogen and oxygen atoms in total. The second-order valence-corrected chi connectivity index (χ2v) is 4.85. The van der Waals surface area contributed by atoms with Crippen molar-refractivity contribution in [2.75, 3.05) is 24.7 Å². The zero-order valence-corrected chi connectivity index (χ0v) is 10.3. The Morgan fingerprint density at radius 3 is 2.71 bits per heavy atom. The molecular weight excluding hydrogens is 277 g/mol. The molecule has 0 radical (unpaired) electrons. The van der Waals surface area contributed by atoms with Crippen molar-refractivity contribution in [3.8, 4) is 0 Å². The first-order valence-electron chi connectivity index (χ1n) is 4.42. The average molecular weight is 286 g/mol. The van der Waals surface area contributed by atoms with E-state index in [2.05, 4.69) is 20.8 Å².